The van der Waals surface area contributed by atoms with Crippen molar-refractivity contribution in [2.75, 3.05) is 13.1 Å². The molecule has 0 aliphatic carbocycles. The number of nitrogens with one attached hydrogen (secondary N) is 1. The SMILES string of the molecule is C#CCC(CC)N1CC(=O)NC(=O)C1. The maximum absolute atomic E-state index is 11.1. The van der Waals surface area contributed by atoms with Gasteiger partial charge in [0.2, 0.25) is 11.8 Å². The van der Waals surface area contributed by atoms with Gasteiger partial charge in [-0.3, -0.25) is 19.8 Å². The predicted molar refractivity (Wildman–Crippen MR) is 52.3 cm³/mol. The van der Waals surface area contributed by atoms with E-state index in [9.17, 15) is 9.59 Å². The summed E-state index contributed by atoms with van der Waals surface area (Å²) < 4.78 is 0. The highest BCUT2D eigenvalue weighted by molar-refractivity contribution is 5.99. The molecule has 0 radical (unpaired) electrons. The van der Waals surface area contributed by atoms with Crippen LogP contribution in [0.1, 0.15) is 19.8 Å². The molecule has 1 N–H and O–H groups in total. The predicted octanol–water partition coefficient (Wildman–Crippen LogP) is -0.253. The number of carbonyl (C=O) groups excluding carboxylic acids is 2. The number of carbonyl (C=O) groups is 2. The topological polar surface area (TPSA) is 49.4 Å². The van der Waals surface area contributed by atoms with Crippen LogP contribution >= 0.6 is 0 Å². The molecule has 0 aromatic heterocycles. The first-order chi connectivity index (χ1) is 6.67. The van der Waals surface area contributed by atoms with E-state index < -0.39 is 0 Å². The summed E-state index contributed by atoms with van der Waals surface area (Å²) in [5, 5.41) is 2.26. The fraction of sp³-hybridized carbons (Fsp3) is 0.600. The van der Waals surface area contributed by atoms with Crippen LogP contribution in [0.5, 0.6) is 0 Å². The molecule has 1 fully saturated rings. The van der Waals surface area contributed by atoms with E-state index >= 15 is 0 Å². The van der Waals surface area contributed by atoms with Crippen LogP contribution in [-0.4, -0.2) is 35.8 Å². The summed E-state index contributed by atoms with van der Waals surface area (Å²) in [6.45, 7) is 2.54. The van der Waals surface area contributed by atoms with Crippen molar-refractivity contribution in [1.29, 1.82) is 0 Å². The van der Waals surface area contributed by atoms with E-state index in [1.807, 2.05) is 11.8 Å². The largest absolute Gasteiger partial charge is 0.294 e. The zero-order chi connectivity index (χ0) is 10.6. The number of amides is 2. The summed E-state index contributed by atoms with van der Waals surface area (Å²) in [6.07, 6.45) is 6.65. The molecule has 76 valence electrons. The molecule has 1 saturated heterocycles. The van der Waals surface area contributed by atoms with Gasteiger partial charge in [0.25, 0.3) is 0 Å². The summed E-state index contributed by atoms with van der Waals surface area (Å²) in [5.74, 6) is 2.08. The fourth-order valence-corrected chi connectivity index (χ4v) is 1.59. The molecule has 4 heteroatoms. The zero-order valence-corrected chi connectivity index (χ0v) is 8.25. The van der Waals surface area contributed by atoms with Crippen molar-refractivity contribution in [3.8, 4) is 12.3 Å². The van der Waals surface area contributed by atoms with Gasteiger partial charge in [0.05, 0.1) is 13.1 Å². The molecule has 1 aliphatic rings. The number of rotatable bonds is 3. The van der Waals surface area contributed by atoms with Crippen LogP contribution in [0.3, 0.4) is 0 Å². The van der Waals surface area contributed by atoms with Gasteiger partial charge in [-0.1, -0.05) is 6.92 Å². The van der Waals surface area contributed by atoms with Gasteiger partial charge in [0, 0.05) is 12.5 Å². The molecule has 0 aromatic rings. The minimum atomic E-state index is -0.239. The molecule has 2 amide bonds. The van der Waals surface area contributed by atoms with Crippen molar-refractivity contribution in [2.24, 2.45) is 0 Å². The number of nitrogens with zero attached hydrogens (tertiary/aromatic N) is 1. The standard InChI is InChI=1S/C10H14N2O2/c1-3-5-8(4-2)12-6-9(13)11-10(14)7-12/h1,8H,4-7H2,2H3,(H,11,13,14). The summed E-state index contributed by atoms with van der Waals surface area (Å²) >= 11 is 0. The van der Waals surface area contributed by atoms with Gasteiger partial charge in [0.15, 0.2) is 0 Å². The molecule has 0 aromatic carbocycles. The Bertz CT molecular complexity index is 264. The second-order valence-electron chi connectivity index (χ2n) is 3.35. The molecule has 1 unspecified atom stereocenters. The van der Waals surface area contributed by atoms with Gasteiger partial charge < -0.3 is 0 Å². The van der Waals surface area contributed by atoms with Crippen molar-refractivity contribution in [3.63, 3.8) is 0 Å². The van der Waals surface area contributed by atoms with E-state index in [0.29, 0.717) is 6.42 Å². The van der Waals surface area contributed by atoms with Gasteiger partial charge >= 0.3 is 0 Å². The summed E-state index contributed by atoms with van der Waals surface area (Å²) in [6, 6.07) is 0.134. The number of hydrogen-bond acceptors (Lipinski definition) is 3. The number of terminal acetylenes is 1. The maximum atomic E-state index is 11.1. The van der Waals surface area contributed by atoms with Crippen LogP contribution in [0.25, 0.3) is 0 Å². The first-order valence-corrected chi connectivity index (χ1v) is 4.67. The third-order valence-corrected chi connectivity index (χ3v) is 2.31. The minimum Gasteiger partial charge on any atom is -0.294 e. The quantitative estimate of drug-likeness (QED) is 0.497. The summed E-state index contributed by atoms with van der Waals surface area (Å²) in [5.41, 5.74) is 0. The van der Waals surface area contributed by atoms with Crippen LogP contribution in [-0.2, 0) is 9.59 Å². The molecule has 4 nitrogen and oxygen atoms in total. The maximum Gasteiger partial charge on any atom is 0.240 e. The lowest BCUT2D eigenvalue weighted by molar-refractivity contribution is -0.137. The third kappa shape index (κ3) is 2.57. The van der Waals surface area contributed by atoms with Crippen LogP contribution in [0.2, 0.25) is 0 Å². The van der Waals surface area contributed by atoms with Crippen molar-refractivity contribution < 1.29 is 9.59 Å². The van der Waals surface area contributed by atoms with E-state index in [4.69, 9.17) is 6.42 Å². The number of piperazine rings is 1. The molecule has 1 aliphatic heterocycles. The van der Waals surface area contributed by atoms with Gasteiger partial charge in [0.1, 0.15) is 0 Å². The molecule has 14 heavy (non-hydrogen) atoms. The highest BCUT2D eigenvalue weighted by Crippen LogP contribution is 2.09. The van der Waals surface area contributed by atoms with Crippen LogP contribution < -0.4 is 5.32 Å². The normalized spacial score (nSPS) is 20.0. The lowest BCUT2D eigenvalue weighted by Crippen LogP contribution is -2.54. The fourth-order valence-electron chi connectivity index (χ4n) is 1.59. The van der Waals surface area contributed by atoms with E-state index in [0.717, 1.165) is 6.42 Å². The van der Waals surface area contributed by atoms with Gasteiger partial charge in [-0.15, -0.1) is 12.3 Å². The minimum absolute atomic E-state index is 0.134. The van der Waals surface area contributed by atoms with Gasteiger partial charge in [-0.2, -0.15) is 0 Å². The average Bonchev–Trinajstić information content (AvgIpc) is 2.12. The highest BCUT2D eigenvalue weighted by Gasteiger charge is 2.26. The Labute approximate surface area is 83.6 Å². The summed E-state index contributed by atoms with van der Waals surface area (Å²) in [4.78, 5) is 24.0. The highest BCUT2D eigenvalue weighted by atomic mass is 16.2. The van der Waals surface area contributed by atoms with Gasteiger partial charge in [-0.25, -0.2) is 0 Å². The first kappa shape index (κ1) is 10.7. The molecule has 1 atom stereocenters. The Morgan fingerprint density at radius 1 is 1.50 bits per heavy atom. The Balaban J connectivity index is 2.61. The molecule has 0 bridgehead atoms. The zero-order valence-electron chi connectivity index (χ0n) is 8.25. The lowest BCUT2D eigenvalue weighted by atomic mass is 10.1. The smallest absolute Gasteiger partial charge is 0.240 e. The summed E-state index contributed by atoms with van der Waals surface area (Å²) in [7, 11) is 0. The van der Waals surface area contributed by atoms with Crippen molar-refractivity contribution in [3.05, 3.63) is 0 Å². The molecular formula is C10H14N2O2. The number of hydrogen-bond donors (Lipinski definition) is 1. The average molecular weight is 194 g/mol. The van der Waals surface area contributed by atoms with E-state index in [-0.39, 0.29) is 30.9 Å². The monoisotopic (exact) mass is 194 g/mol. The van der Waals surface area contributed by atoms with E-state index in [2.05, 4.69) is 11.2 Å². The van der Waals surface area contributed by atoms with Crippen LogP contribution in [0, 0.1) is 12.3 Å². The molecule has 1 rings (SSSR count). The van der Waals surface area contributed by atoms with Crippen molar-refractivity contribution in [2.45, 2.75) is 25.8 Å². The van der Waals surface area contributed by atoms with Crippen molar-refractivity contribution in [1.82, 2.24) is 10.2 Å². The van der Waals surface area contributed by atoms with E-state index in [1.54, 1.807) is 0 Å². The lowest BCUT2D eigenvalue weighted by Gasteiger charge is -2.31. The molecule has 0 saturated carbocycles. The molecule has 0 spiro atoms. The Morgan fingerprint density at radius 3 is 2.50 bits per heavy atom. The van der Waals surface area contributed by atoms with Crippen LogP contribution in [0.4, 0.5) is 0 Å². The molecular weight excluding hydrogens is 180 g/mol. The Morgan fingerprint density at radius 2 is 2.07 bits per heavy atom. The third-order valence-electron chi connectivity index (χ3n) is 2.31. The van der Waals surface area contributed by atoms with Crippen molar-refractivity contribution >= 4 is 11.8 Å². The van der Waals surface area contributed by atoms with E-state index in [1.165, 1.54) is 0 Å². The Kier molecular flexibility index (Phi) is 3.66. The Hall–Kier alpha value is -1.34. The van der Waals surface area contributed by atoms with Crippen LogP contribution in [0.15, 0.2) is 0 Å². The number of imide groups is 1. The molecule has 1 heterocycles. The second kappa shape index (κ2) is 4.77. The van der Waals surface area contributed by atoms with Gasteiger partial charge in [-0.05, 0) is 6.42 Å². The first-order valence-electron chi connectivity index (χ1n) is 4.67. The second-order valence-corrected chi connectivity index (χ2v) is 3.35.